The van der Waals surface area contributed by atoms with Gasteiger partial charge in [-0.2, -0.15) is 0 Å². The molecule has 3 aromatic rings. The highest BCUT2D eigenvalue weighted by atomic mass is 32.1. The molecule has 1 aliphatic heterocycles. The number of hydrogen-bond donors (Lipinski definition) is 3. The molecule has 11 nitrogen and oxygen atoms in total. The van der Waals surface area contributed by atoms with Crippen molar-refractivity contribution in [2.75, 3.05) is 19.5 Å². The quantitative estimate of drug-likeness (QED) is 0.195. The van der Waals surface area contributed by atoms with Crippen molar-refractivity contribution in [3.05, 3.63) is 41.3 Å². The summed E-state index contributed by atoms with van der Waals surface area (Å²) in [6.45, 7) is 6.07. The van der Waals surface area contributed by atoms with Crippen LogP contribution >= 0.6 is 20.7 Å². The Hall–Kier alpha value is -2.47. The molecule has 0 radical (unpaired) electrons. The summed E-state index contributed by atoms with van der Waals surface area (Å²) in [6.07, 6.45) is 4.07. The predicted molar refractivity (Wildman–Crippen MR) is 141 cm³/mol. The molecular formula is C23H33N6O5PS. The number of aromatic amines is 1. The SMILES string of the molecule is CC(C=O)NP(OCC1CCC(n2cnc3c(=S)nc(N)[nH]c32)O1)Oc1ccccc1.COC(C)C. The first-order chi connectivity index (χ1) is 17.3. The fraction of sp³-hybridized carbons (Fsp3) is 0.478. The summed E-state index contributed by atoms with van der Waals surface area (Å²) in [4.78, 5) is 22.4. The van der Waals surface area contributed by atoms with Gasteiger partial charge >= 0.3 is 8.53 Å². The molecule has 36 heavy (non-hydrogen) atoms. The molecule has 1 aromatic carbocycles. The number of ether oxygens (including phenoxy) is 2. The molecule has 0 aliphatic carbocycles. The Morgan fingerprint density at radius 2 is 2.06 bits per heavy atom. The van der Waals surface area contributed by atoms with Crippen LogP contribution in [0.5, 0.6) is 5.75 Å². The van der Waals surface area contributed by atoms with Gasteiger partial charge in [-0.3, -0.25) is 4.57 Å². The number of aromatic nitrogens is 4. The van der Waals surface area contributed by atoms with Gasteiger partial charge in [-0.05, 0) is 45.7 Å². The molecule has 196 valence electrons. The zero-order valence-electron chi connectivity index (χ0n) is 20.8. The summed E-state index contributed by atoms with van der Waals surface area (Å²) in [5.41, 5.74) is 7.06. The van der Waals surface area contributed by atoms with Gasteiger partial charge < -0.3 is 34.0 Å². The van der Waals surface area contributed by atoms with E-state index in [1.807, 2.05) is 48.7 Å². The number of H-pyrrole nitrogens is 1. The lowest BCUT2D eigenvalue weighted by Crippen LogP contribution is -2.26. The van der Waals surface area contributed by atoms with Crippen molar-refractivity contribution in [1.29, 1.82) is 0 Å². The number of nitrogens with two attached hydrogens (primary N) is 1. The maximum atomic E-state index is 11.1. The standard InChI is InChI=1S/C19H23N6O4PS.C4H10O/c1-12(9-26)24-30(29-13-5-3-2-4-6-13)27-10-14-7-8-15(28-14)25-11-21-16-17(25)22-19(20)23-18(16)31;1-4(2)5-3/h2-6,9,11-12,14-15,24H,7-8,10H2,1H3,(H3,20,22,23,31);4H,1-3H3. The van der Waals surface area contributed by atoms with Gasteiger partial charge in [0.05, 0.1) is 31.2 Å². The fourth-order valence-electron chi connectivity index (χ4n) is 3.20. The summed E-state index contributed by atoms with van der Waals surface area (Å²) in [5, 5.41) is 3.06. The molecule has 4 unspecified atom stereocenters. The second kappa shape index (κ2) is 13.7. The third-order valence-electron chi connectivity index (χ3n) is 5.15. The van der Waals surface area contributed by atoms with Crippen molar-refractivity contribution in [2.24, 2.45) is 0 Å². The largest absolute Gasteiger partial charge is 0.436 e. The predicted octanol–water partition coefficient (Wildman–Crippen LogP) is 4.29. The number of nitrogens with zero attached hydrogens (tertiary/aromatic N) is 3. The number of imidazole rings is 1. The maximum Gasteiger partial charge on any atom is 0.318 e. The van der Waals surface area contributed by atoms with E-state index in [9.17, 15) is 4.79 Å². The van der Waals surface area contributed by atoms with E-state index in [0.717, 1.165) is 19.1 Å². The summed E-state index contributed by atoms with van der Waals surface area (Å²) in [6, 6.07) is 8.93. The second-order valence-electron chi connectivity index (χ2n) is 8.36. The average Bonchev–Trinajstić information content (AvgIpc) is 3.50. The summed E-state index contributed by atoms with van der Waals surface area (Å²) >= 11 is 5.23. The first-order valence-corrected chi connectivity index (χ1v) is 13.2. The summed E-state index contributed by atoms with van der Waals surface area (Å²) in [7, 11) is 0.179. The van der Waals surface area contributed by atoms with Gasteiger partial charge in [0.2, 0.25) is 0 Å². The summed E-state index contributed by atoms with van der Waals surface area (Å²) < 4.78 is 25.0. The first-order valence-electron chi connectivity index (χ1n) is 11.6. The van der Waals surface area contributed by atoms with E-state index in [1.165, 1.54) is 0 Å². The zero-order valence-corrected chi connectivity index (χ0v) is 22.5. The van der Waals surface area contributed by atoms with Gasteiger partial charge in [-0.1, -0.05) is 30.4 Å². The zero-order chi connectivity index (χ0) is 26.1. The van der Waals surface area contributed by atoms with Gasteiger partial charge in [0.25, 0.3) is 0 Å². The Morgan fingerprint density at radius 1 is 1.33 bits per heavy atom. The van der Waals surface area contributed by atoms with Gasteiger partial charge in [0, 0.05) is 7.11 Å². The number of nitrogen functional groups attached to an aromatic ring is 1. The van der Waals surface area contributed by atoms with Crippen LogP contribution in [0.25, 0.3) is 11.2 Å². The van der Waals surface area contributed by atoms with Crippen LogP contribution in [0.4, 0.5) is 5.95 Å². The van der Waals surface area contributed by atoms with E-state index in [0.29, 0.717) is 34.3 Å². The molecule has 2 aromatic heterocycles. The third-order valence-corrected chi connectivity index (χ3v) is 6.82. The number of nitrogens with one attached hydrogen (secondary N) is 2. The topological polar surface area (TPSA) is 139 Å². The smallest absolute Gasteiger partial charge is 0.318 e. The molecule has 0 saturated carbocycles. The Balaban J connectivity index is 0.000000658. The fourth-order valence-corrected chi connectivity index (χ4v) is 4.64. The van der Waals surface area contributed by atoms with E-state index in [2.05, 4.69) is 20.0 Å². The van der Waals surface area contributed by atoms with Crippen LogP contribution in [0.3, 0.4) is 0 Å². The number of carbonyl (C=O) groups is 1. The molecule has 13 heteroatoms. The monoisotopic (exact) mass is 536 g/mol. The van der Waals surface area contributed by atoms with Crippen molar-refractivity contribution in [1.82, 2.24) is 24.6 Å². The molecule has 4 atom stereocenters. The molecule has 0 bridgehead atoms. The van der Waals surface area contributed by atoms with Crippen molar-refractivity contribution in [2.45, 2.75) is 58.1 Å². The molecule has 0 amide bonds. The van der Waals surface area contributed by atoms with Crippen molar-refractivity contribution < 1.29 is 23.3 Å². The van der Waals surface area contributed by atoms with E-state index < -0.39 is 14.6 Å². The Bertz CT molecular complexity index is 1160. The lowest BCUT2D eigenvalue weighted by Gasteiger charge is -2.22. The summed E-state index contributed by atoms with van der Waals surface area (Å²) in [5.74, 6) is 0.895. The highest BCUT2D eigenvalue weighted by molar-refractivity contribution is 7.71. The number of anilines is 1. The lowest BCUT2D eigenvalue weighted by molar-refractivity contribution is -0.108. The molecule has 4 N–H and O–H groups in total. The van der Waals surface area contributed by atoms with Crippen molar-refractivity contribution >= 4 is 44.1 Å². The van der Waals surface area contributed by atoms with Gasteiger partial charge in [0.15, 0.2) is 10.6 Å². The van der Waals surface area contributed by atoms with Crippen LogP contribution in [0.2, 0.25) is 0 Å². The highest BCUT2D eigenvalue weighted by Gasteiger charge is 2.30. The van der Waals surface area contributed by atoms with Gasteiger partial charge in [-0.15, -0.1) is 0 Å². The maximum absolute atomic E-state index is 11.1. The van der Waals surface area contributed by atoms with Crippen LogP contribution in [0.15, 0.2) is 36.7 Å². The molecule has 1 saturated heterocycles. The van der Waals surface area contributed by atoms with Crippen molar-refractivity contribution in [3.63, 3.8) is 0 Å². The van der Waals surface area contributed by atoms with Crippen LogP contribution in [-0.4, -0.2) is 57.8 Å². The second-order valence-corrected chi connectivity index (χ2v) is 9.96. The van der Waals surface area contributed by atoms with Crippen LogP contribution in [0.1, 0.15) is 39.8 Å². The number of para-hydroxylation sites is 1. The van der Waals surface area contributed by atoms with E-state index in [-0.39, 0.29) is 18.3 Å². The minimum absolute atomic E-state index is 0.137. The number of hydrogen-bond acceptors (Lipinski definition) is 10. The first kappa shape index (κ1) is 28.1. The number of methoxy groups -OCH3 is 1. The number of rotatable bonds is 10. The third kappa shape index (κ3) is 8.02. The molecular weight excluding hydrogens is 503 g/mol. The molecule has 3 heterocycles. The van der Waals surface area contributed by atoms with Crippen molar-refractivity contribution in [3.8, 4) is 5.75 Å². The Morgan fingerprint density at radius 3 is 2.72 bits per heavy atom. The number of fused-ring (bicyclic) bond motifs is 1. The number of aldehydes is 1. The molecule has 0 spiro atoms. The highest BCUT2D eigenvalue weighted by Crippen LogP contribution is 2.38. The van der Waals surface area contributed by atoms with E-state index in [4.69, 9.17) is 36.5 Å². The normalized spacial score (nSPS) is 19.0. The Labute approximate surface area is 216 Å². The van der Waals surface area contributed by atoms with E-state index >= 15 is 0 Å². The van der Waals surface area contributed by atoms with Crippen LogP contribution in [-0.2, 0) is 18.8 Å². The lowest BCUT2D eigenvalue weighted by atomic mass is 10.2. The van der Waals surface area contributed by atoms with Gasteiger partial charge in [0.1, 0.15) is 29.4 Å². The van der Waals surface area contributed by atoms with Crippen LogP contribution < -0.4 is 15.3 Å². The molecule has 4 rings (SSSR count). The molecule has 1 aliphatic rings. The van der Waals surface area contributed by atoms with Crippen LogP contribution in [0, 0.1) is 4.64 Å². The average molecular weight is 537 g/mol. The number of benzene rings is 1. The van der Waals surface area contributed by atoms with Gasteiger partial charge in [-0.25, -0.2) is 15.1 Å². The number of carbonyl (C=O) groups excluding carboxylic acids is 1. The Kier molecular flexibility index (Phi) is 10.7. The minimum Gasteiger partial charge on any atom is -0.436 e. The molecule has 1 fully saturated rings. The minimum atomic E-state index is -1.52. The van der Waals surface area contributed by atoms with E-state index in [1.54, 1.807) is 20.4 Å².